The monoisotopic (exact) mass is 347 g/mol. The highest BCUT2D eigenvalue weighted by Crippen LogP contribution is 2.38. The number of H-pyrrole nitrogens is 1. The Kier molecular flexibility index (Phi) is 4.92. The molecule has 0 atom stereocenters. The van der Waals surface area contributed by atoms with Crippen LogP contribution in [-0.4, -0.2) is 25.5 Å². The van der Waals surface area contributed by atoms with Gasteiger partial charge in [0.2, 0.25) is 0 Å². The van der Waals surface area contributed by atoms with E-state index in [0.717, 1.165) is 21.6 Å². The second-order valence-corrected chi connectivity index (χ2v) is 6.14. The van der Waals surface area contributed by atoms with Crippen LogP contribution in [0.3, 0.4) is 0 Å². The fourth-order valence-corrected chi connectivity index (χ4v) is 3.49. The van der Waals surface area contributed by atoms with E-state index in [1.54, 1.807) is 18.5 Å². The zero-order valence-corrected chi connectivity index (χ0v) is 13.6. The van der Waals surface area contributed by atoms with E-state index in [1.165, 1.54) is 11.8 Å². The molecule has 23 heavy (non-hydrogen) atoms. The van der Waals surface area contributed by atoms with Gasteiger partial charge in [0.15, 0.2) is 0 Å². The number of benzene rings is 1. The molecule has 0 saturated carbocycles. The lowest BCUT2D eigenvalue weighted by Gasteiger charge is -2.13. The largest absolute Gasteiger partial charge is 0.392 e. The summed E-state index contributed by atoms with van der Waals surface area (Å²) in [4.78, 5) is 5.14. The number of hydrogen-bond donors (Lipinski definition) is 3. The van der Waals surface area contributed by atoms with Crippen LogP contribution in [0.25, 0.3) is 11.3 Å². The van der Waals surface area contributed by atoms with E-state index in [0.29, 0.717) is 22.3 Å². The lowest BCUT2D eigenvalue weighted by Crippen LogP contribution is -2.01. The quantitative estimate of drug-likeness (QED) is 0.656. The number of pyridine rings is 1. The van der Waals surface area contributed by atoms with Gasteiger partial charge in [0, 0.05) is 28.8 Å². The van der Waals surface area contributed by atoms with Crippen LogP contribution in [0.15, 0.2) is 46.6 Å². The van der Waals surface area contributed by atoms with Crippen LogP contribution < -0.4 is 5.73 Å². The Hall–Kier alpha value is -1.93. The van der Waals surface area contributed by atoms with E-state index in [1.807, 2.05) is 18.2 Å². The molecule has 8 heteroatoms. The van der Waals surface area contributed by atoms with Crippen molar-refractivity contribution in [1.82, 2.24) is 20.4 Å². The van der Waals surface area contributed by atoms with Crippen LogP contribution in [-0.2, 0) is 13.2 Å². The molecular weight excluding hydrogens is 334 g/mol. The van der Waals surface area contributed by atoms with Crippen molar-refractivity contribution in [2.45, 2.75) is 23.1 Å². The van der Waals surface area contributed by atoms with Gasteiger partial charge in [-0.3, -0.25) is 0 Å². The molecule has 0 saturated heterocycles. The number of aromatic nitrogens is 4. The maximum Gasteiger partial charge on any atom is 0.112 e. The summed E-state index contributed by atoms with van der Waals surface area (Å²) < 4.78 is 0. The molecule has 0 fully saturated rings. The summed E-state index contributed by atoms with van der Waals surface area (Å²) in [5, 5.41) is 21.1. The van der Waals surface area contributed by atoms with Crippen molar-refractivity contribution < 1.29 is 5.11 Å². The smallest absolute Gasteiger partial charge is 0.112 e. The Labute approximate surface area is 142 Å². The average Bonchev–Trinajstić information content (AvgIpc) is 3.11. The summed E-state index contributed by atoms with van der Waals surface area (Å²) in [6.45, 7) is 0.248. The van der Waals surface area contributed by atoms with E-state index < -0.39 is 0 Å². The van der Waals surface area contributed by atoms with E-state index in [2.05, 4.69) is 20.4 Å². The minimum atomic E-state index is -0.0806. The van der Waals surface area contributed by atoms with Crippen molar-refractivity contribution in [2.75, 3.05) is 0 Å². The predicted octanol–water partition coefficient (Wildman–Crippen LogP) is 2.62. The van der Waals surface area contributed by atoms with Crippen molar-refractivity contribution in [2.24, 2.45) is 5.73 Å². The molecule has 0 bridgehead atoms. The van der Waals surface area contributed by atoms with Crippen LogP contribution in [0.2, 0.25) is 5.02 Å². The van der Waals surface area contributed by atoms with Crippen LogP contribution in [0.4, 0.5) is 0 Å². The van der Waals surface area contributed by atoms with E-state index in [9.17, 15) is 5.11 Å². The zero-order valence-electron chi connectivity index (χ0n) is 12.0. The minimum absolute atomic E-state index is 0.0806. The topological polar surface area (TPSA) is 101 Å². The highest BCUT2D eigenvalue weighted by atomic mass is 35.5. The van der Waals surface area contributed by atoms with Gasteiger partial charge in [-0.15, -0.1) is 0 Å². The first-order valence-corrected chi connectivity index (χ1v) is 8.03. The van der Waals surface area contributed by atoms with Gasteiger partial charge in [-0.2, -0.15) is 15.4 Å². The first-order chi connectivity index (χ1) is 11.2. The fourth-order valence-electron chi connectivity index (χ4n) is 2.14. The molecule has 118 valence electrons. The second-order valence-electron chi connectivity index (χ2n) is 4.73. The molecule has 2 aromatic heterocycles. The molecule has 0 aliphatic heterocycles. The Bertz CT molecular complexity index is 810. The lowest BCUT2D eigenvalue weighted by molar-refractivity contribution is 0.278. The molecule has 2 heterocycles. The predicted molar refractivity (Wildman–Crippen MR) is 89.0 cm³/mol. The Morgan fingerprint density at radius 1 is 1.30 bits per heavy atom. The van der Waals surface area contributed by atoms with E-state index in [4.69, 9.17) is 17.3 Å². The molecule has 0 aliphatic carbocycles. The third kappa shape index (κ3) is 3.37. The summed E-state index contributed by atoms with van der Waals surface area (Å²) >= 11 is 7.85. The maximum atomic E-state index is 9.43. The number of nitrogens with one attached hydrogen (secondary N) is 1. The van der Waals surface area contributed by atoms with Crippen molar-refractivity contribution in [3.05, 3.63) is 52.8 Å². The summed E-state index contributed by atoms with van der Waals surface area (Å²) in [5.41, 5.74) is 9.06. The second kappa shape index (κ2) is 7.10. The molecule has 0 radical (unpaired) electrons. The van der Waals surface area contributed by atoms with Gasteiger partial charge in [0.25, 0.3) is 0 Å². The van der Waals surface area contributed by atoms with Crippen LogP contribution >= 0.6 is 23.4 Å². The molecule has 1 aromatic carbocycles. The first-order valence-electron chi connectivity index (χ1n) is 6.84. The number of hydrogen-bond acceptors (Lipinski definition) is 6. The zero-order chi connectivity index (χ0) is 16.2. The lowest BCUT2D eigenvalue weighted by atomic mass is 10.1. The third-order valence-electron chi connectivity index (χ3n) is 3.27. The Morgan fingerprint density at radius 2 is 2.17 bits per heavy atom. The summed E-state index contributed by atoms with van der Waals surface area (Å²) in [6, 6.07) is 7.37. The third-order valence-corrected chi connectivity index (χ3v) is 4.93. The molecule has 0 amide bonds. The normalized spacial score (nSPS) is 10.9. The molecule has 0 unspecified atom stereocenters. The van der Waals surface area contributed by atoms with Crippen LogP contribution in [0.1, 0.15) is 11.1 Å². The average molecular weight is 348 g/mol. The van der Waals surface area contributed by atoms with E-state index in [-0.39, 0.29) is 6.61 Å². The Morgan fingerprint density at radius 3 is 2.87 bits per heavy atom. The Balaban J connectivity index is 2.02. The molecule has 0 aliphatic rings. The molecule has 4 N–H and O–H groups in total. The molecular formula is C15H14ClN5OS. The van der Waals surface area contributed by atoms with Crippen molar-refractivity contribution >= 4 is 23.4 Å². The van der Waals surface area contributed by atoms with Crippen molar-refractivity contribution in [3.8, 4) is 11.3 Å². The van der Waals surface area contributed by atoms with Crippen LogP contribution in [0.5, 0.6) is 0 Å². The highest BCUT2D eigenvalue weighted by molar-refractivity contribution is 7.99. The number of aliphatic hydroxyl groups excluding tert-OH is 1. The van der Waals surface area contributed by atoms with E-state index >= 15 is 0 Å². The van der Waals surface area contributed by atoms with Gasteiger partial charge < -0.3 is 10.8 Å². The maximum absolute atomic E-state index is 9.43. The molecule has 0 spiro atoms. The number of aliphatic hydroxyl groups is 1. The summed E-state index contributed by atoms with van der Waals surface area (Å²) in [5.74, 6) is 0. The standard InChI is InChI=1S/C15H14ClN5OS/c16-12-5-10(13-7-19-21-20-13)4-11(6-17)14(12)23-15-9(8-22)2-1-3-18-15/h1-5,7,22H,6,8,17H2,(H,19,20,21). The molecule has 3 aromatic rings. The fraction of sp³-hybridized carbons (Fsp3) is 0.133. The summed E-state index contributed by atoms with van der Waals surface area (Å²) in [7, 11) is 0. The summed E-state index contributed by atoms with van der Waals surface area (Å²) in [6.07, 6.45) is 3.31. The number of nitrogens with zero attached hydrogens (tertiary/aromatic N) is 3. The number of rotatable bonds is 5. The number of nitrogens with two attached hydrogens (primary N) is 1. The minimum Gasteiger partial charge on any atom is -0.392 e. The van der Waals surface area contributed by atoms with Crippen molar-refractivity contribution in [3.63, 3.8) is 0 Å². The van der Waals surface area contributed by atoms with Gasteiger partial charge in [0.05, 0.1) is 17.8 Å². The van der Waals surface area contributed by atoms with Gasteiger partial charge in [-0.05, 0) is 23.8 Å². The van der Waals surface area contributed by atoms with Crippen LogP contribution in [0, 0.1) is 0 Å². The molecule has 3 rings (SSSR count). The van der Waals surface area contributed by atoms with Gasteiger partial charge in [-0.25, -0.2) is 4.98 Å². The van der Waals surface area contributed by atoms with Gasteiger partial charge in [0.1, 0.15) is 10.7 Å². The SMILES string of the molecule is NCc1cc(-c2cn[nH]n2)cc(Cl)c1Sc1ncccc1CO. The molecule has 6 nitrogen and oxygen atoms in total. The number of aromatic amines is 1. The number of halogens is 1. The van der Waals surface area contributed by atoms with Gasteiger partial charge >= 0.3 is 0 Å². The highest BCUT2D eigenvalue weighted by Gasteiger charge is 2.15. The van der Waals surface area contributed by atoms with Gasteiger partial charge in [-0.1, -0.05) is 29.4 Å². The first kappa shape index (κ1) is 15.9. The van der Waals surface area contributed by atoms with Crippen molar-refractivity contribution in [1.29, 1.82) is 0 Å².